The van der Waals surface area contributed by atoms with Crippen LogP contribution in [0.1, 0.15) is 38.8 Å². The summed E-state index contributed by atoms with van der Waals surface area (Å²) in [7, 11) is 0. The summed E-state index contributed by atoms with van der Waals surface area (Å²) in [5.74, 6) is -0.667. The molecule has 0 radical (unpaired) electrons. The van der Waals surface area contributed by atoms with Crippen molar-refractivity contribution in [3.05, 3.63) is 73.2 Å². The standard InChI is InChI=1S/C21H18ClN5O4S/c1-11-5-12(2)7-15(6-11)26-10-13(8-18(26)28)20-24-25-21(32-20)23-19(29)16-4-3-14(27(30)31)9-17(16)22/h3-7,9,13H,8,10H2,1-2H3,(H,23,25,29). The van der Waals surface area contributed by atoms with Crippen molar-refractivity contribution in [3.8, 4) is 0 Å². The maximum Gasteiger partial charge on any atom is 0.270 e. The fourth-order valence-electron chi connectivity index (χ4n) is 3.65. The SMILES string of the molecule is Cc1cc(C)cc(N2CC(c3nnc(NC(=O)c4ccc([N+](=O)[O-])cc4Cl)s3)CC2=O)c1. The Balaban J connectivity index is 1.47. The van der Waals surface area contributed by atoms with Gasteiger partial charge in [0, 0.05) is 36.7 Å². The summed E-state index contributed by atoms with van der Waals surface area (Å²) in [6.45, 7) is 4.47. The molecule has 2 amide bonds. The van der Waals surface area contributed by atoms with Gasteiger partial charge in [-0.05, 0) is 43.2 Å². The molecule has 0 bridgehead atoms. The minimum absolute atomic E-state index is 0.0125. The molecule has 2 heterocycles. The predicted molar refractivity (Wildman–Crippen MR) is 122 cm³/mol. The van der Waals surface area contributed by atoms with Gasteiger partial charge in [0.2, 0.25) is 11.0 Å². The van der Waals surface area contributed by atoms with E-state index in [0.29, 0.717) is 18.0 Å². The average molecular weight is 472 g/mol. The third kappa shape index (κ3) is 4.46. The lowest BCUT2D eigenvalue weighted by Crippen LogP contribution is -2.24. The molecule has 1 atom stereocenters. The Kier molecular flexibility index (Phi) is 5.90. The van der Waals surface area contributed by atoms with Gasteiger partial charge < -0.3 is 4.90 Å². The van der Waals surface area contributed by atoms with Crippen LogP contribution in [-0.4, -0.2) is 33.5 Å². The van der Waals surface area contributed by atoms with Crippen molar-refractivity contribution < 1.29 is 14.5 Å². The molecule has 0 spiro atoms. The number of aryl methyl sites for hydroxylation is 2. The lowest BCUT2D eigenvalue weighted by atomic mass is 10.1. The molecule has 11 heteroatoms. The van der Waals surface area contributed by atoms with Crippen LogP contribution in [0.5, 0.6) is 0 Å². The number of hydrogen-bond donors (Lipinski definition) is 1. The third-order valence-electron chi connectivity index (χ3n) is 5.06. The van der Waals surface area contributed by atoms with Crippen LogP contribution >= 0.6 is 22.9 Å². The predicted octanol–water partition coefficient (Wildman–Crippen LogP) is 4.49. The number of halogens is 1. The largest absolute Gasteiger partial charge is 0.312 e. The summed E-state index contributed by atoms with van der Waals surface area (Å²) >= 11 is 7.20. The number of non-ortho nitro benzene ring substituents is 1. The molecule has 0 aliphatic carbocycles. The zero-order valence-corrected chi connectivity index (χ0v) is 18.7. The Hall–Kier alpha value is -3.37. The first-order chi connectivity index (χ1) is 15.2. The van der Waals surface area contributed by atoms with Crippen molar-refractivity contribution in [1.29, 1.82) is 0 Å². The van der Waals surface area contributed by atoms with Crippen LogP contribution < -0.4 is 10.2 Å². The summed E-state index contributed by atoms with van der Waals surface area (Å²) in [5.41, 5.74) is 2.92. The number of nitro groups is 1. The van der Waals surface area contributed by atoms with Crippen molar-refractivity contribution in [1.82, 2.24) is 10.2 Å². The van der Waals surface area contributed by atoms with Gasteiger partial charge >= 0.3 is 0 Å². The highest BCUT2D eigenvalue weighted by Gasteiger charge is 2.34. The molecule has 3 aromatic rings. The minimum atomic E-state index is -0.588. The molecule has 2 aromatic carbocycles. The van der Waals surface area contributed by atoms with Crippen molar-refractivity contribution in [2.24, 2.45) is 0 Å². The zero-order valence-electron chi connectivity index (χ0n) is 17.2. The Morgan fingerprint density at radius 2 is 1.94 bits per heavy atom. The molecule has 1 saturated heterocycles. The number of carbonyl (C=O) groups excluding carboxylic acids is 2. The molecule has 1 aliphatic heterocycles. The summed E-state index contributed by atoms with van der Waals surface area (Å²) in [5, 5.41) is 22.5. The number of nitrogens with one attached hydrogen (secondary N) is 1. The highest BCUT2D eigenvalue weighted by atomic mass is 35.5. The lowest BCUT2D eigenvalue weighted by Gasteiger charge is -2.17. The summed E-state index contributed by atoms with van der Waals surface area (Å²) in [4.78, 5) is 37.1. The smallest absolute Gasteiger partial charge is 0.270 e. The molecule has 1 aromatic heterocycles. The van der Waals surface area contributed by atoms with Crippen LogP contribution in [0.3, 0.4) is 0 Å². The topological polar surface area (TPSA) is 118 Å². The first-order valence-corrected chi connectivity index (χ1v) is 10.9. The van der Waals surface area contributed by atoms with Crippen molar-refractivity contribution in [2.75, 3.05) is 16.8 Å². The van der Waals surface area contributed by atoms with Crippen LogP contribution in [0.2, 0.25) is 5.02 Å². The van der Waals surface area contributed by atoms with E-state index < -0.39 is 10.8 Å². The van der Waals surface area contributed by atoms with Crippen LogP contribution in [-0.2, 0) is 4.79 Å². The number of aromatic nitrogens is 2. The van der Waals surface area contributed by atoms with Crippen molar-refractivity contribution >= 4 is 51.3 Å². The van der Waals surface area contributed by atoms with Gasteiger partial charge in [0.1, 0.15) is 5.01 Å². The van der Waals surface area contributed by atoms with Gasteiger partial charge in [-0.25, -0.2) is 0 Å². The molecule has 1 aliphatic rings. The van der Waals surface area contributed by atoms with Gasteiger partial charge in [-0.2, -0.15) is 0 Å². The Morgan fingerprint density at radius 3 is 2.59 bits per heavy atom. The Morgan fingerprint density at radius 1 is 1.22 bits per heavy atom. The highest BCUT2D eigenvalue weighted by molar-refractivity contribution is 7.15. The second kappa shape index (κ2) is 8.64. The van der Waals surface area contributed by atoms with E-state index in [1.165, 1.54) is 23.5 Å². The van der Waals surface area contributed by atoms with Gasteiger partial charge in [-0.3, -0.25) is 25.0 Å². The normalized spacial score (nSPS) is 15.8. The van der Waals surface area contributed by atoms with Crippen molar-refractivity contribution in [3.63, 3.8) is 0 Å². The highest BCUT2D eigenvalue weighted by Crippen LogP contribution is 2.35. The molecule has 4 rings (SSSR count). The number of rotatable bonds is 5. The van der Waals surface area contributed by atoms with Gasteiger partial charge in [0.15, 0.2) is 0 Å². The van der Waals surface area contributed by atoms with Crippen LogP contribution in [0, 0.1) is 24.0 Å². The van der Waals surface area contributed by atoms with E-state index in [1.807, 2.05) is 26.0 Å². The van der Waals surface area contributed by atoms with Crippen LogP contribution in [0.4, 0.5) is 16.5 Å². The van der Waals surface area contributed by atoms with Gasteiger partial charge in [-0.15, -0.1) is 10.2 Å². The fourth-order valence-corrected chi connectivity index (χ4v) is 4.74. The Labute approximate surface area is 192 Å². The van der Waals surface area contributed by atoms with Crippen LogP contribution in [0.25, 0.3) is 0 Å². The number of amides is 2. The third-order valence-corrected chi connectivity index (χ3v) is 6.38. The second-order valence-electron chi connectivity index (χ2n) is 7.57. The van der Waals surface area contributed by atoms with E-state index in [0.717, 1.165) is 22.9 Å². The number of nitrogens with zero attached hydrogens (tertiary/aromatic N) is 4. The Bertz CT molecular complexity index is 1220. The lowest BCUT2D eigenvalue weighted by molar-refractivity contribution is -0.384. The molecular weight excluding hydrogens is 454 g/mol. The minimum Gasteiger partial charge on any atom is -0.312 e. The number of carbonyl (C=O) groups is 2. The quantitative estimate of drug-likeness (QED) is 0.432. The summed E-state index contributed by atoms with van der Waals surface area (Å²) in [6, 6.07) is 9.62. The van der Waals surface area contributed by atoms with Gasteiger partial charge in [0.25, 0.3) is 11.6 Å². The molecule has 1 fully saturated rings. The molecule has 32 heavy (non-hydrogen) atoms. The number of anilines is 2. The molecule has 9 nitrogen and oxygen atoms in total. The summed E-state index contributed by atoms with van der Waals surface area (Å²) < 4.78 is 0. The molecule has 0 saturated carbocycles. The van der Waals surface area contributed by atoms with Gasteiger partial charge in [0.05, 0.1) is 15.5 Å². The average Bonchev–Trinajstić information content (AvgIpc) is 3.33. The summed E-state index contributed by atoms with van der Waals surface area (Å²) in [6.07, 6.45) is 0.309. The maximum absolute atomic E-state index is 12.6. The zero-order chi connectivity index (χ0) is 23.0. The van der Waals surface area contributed by atoms with Crippen molar-refractivity contribution in [2.45, 2.75) is 26.2 Å². The monoisotopic (exact) mass is 471 g/mol. The van der Waals surface area contributed by atoms with E-state index in [4.69, 9.17) is 11.6 Å². The molecule has 1 N–H and O–H groups in total. The van der Waals surface area contributed by atoms with Gasteiger partial charge in [-0.1, -0.05) is 29.0 Å². The maximum atomic E-state index is 12.6. The first-order valence-electron chi connectivity index (χ1n) is 9.68. The van der Waals surface area contributed by atoms with E-state index in [9.17, 15) is 19.7 Å². The second-order valence-corrected chi connectivity index (χ2v) is 8.99. The van der Waals surface area contributed by atoms with Crippen LogP contribution in [0.15, 0.2) is 36.4 Å². The molecule has 164 valence electrons. The van der Waals surface area contributed by atoms with E-state index in [2.05, 4.69) is 21.6 Å². The molecular formula is C21H18ClN5O4S. The van der Waals surface area contributed by atoms with E-state index in [-0.39, 0.29) is 33.2 Å². The number of nitro benzene ring substituents is 1. The van der Waals surface area contributed by atoms with E-state index in [1.54, 1.807) is 4.90 Å². The number of hydrogen-bond acceptors (Lipinski definition) is 7. The van der Waals surface area contributed by atoms with E-state index >= 15 is 0 Å². The molecule has 1 unspecified atom stereocenters. The number of benzene rings is 2. The fraction of sp³-hybridized carbons (Fsp3) is 0.238. The first kappa shape index (κ1) is 21.8.